The summed E-state index contributed by atoms with van der Waals surface area (Å²) in [5.41, 5.74) is 4.43. The highest BCUT2D eigenvalue weighted by Crippen LogP contribution is 2.61. The van der Waals surface area contributed by atoms with Crippen LogP contribution in [0.3, 0.4) is 0 Å². The SMILES string of the molecule is CC1(C)[C@H]2CC[C@@H](C[N+](C)(C)Cc3ccc(-c4cccc(Cl)c4)cc3)[C@@H]1C2. The Hall–Kier alpha value is -1.31. The molecule has 0 N–H and O–H groups in total. The van der Waals surface area contributed by atoms with Crippen LogP contribution in [-0.2, 0) is 6.54 Å². The van der Waals surface area contributed by atoms with Gasteiger partial charge < -0.3 is 4.48 Å². The largest absolute Gasteiger partial charge is 0.324 e. The van der Waals surface area contributed by atoms with E-state index in [9.17, 15) is 0 Å². The summed E-state index contributed by atoms with van der Waals surface area (Å²) in [6, 6.07) is 17.2. The fourth-order valence-corrected chi connectivity index (χ4v) is 6.04. The van der Waals surface area contributed by atoms with E-state index in [1.165, 1.54) is 42.5 Å². The van der Waals surface area contributed by atoms with Gasteiger partial charge in [-0.2, -0.15) is 0 Å². The number of halogens is 1. The van der Waals surface area contributed by atoms with Crippen molar-refractivity contribution in [3.8, 4) is 11.1 Å². The van der Waals surface area contributed by atoms with Gasteiger partial charge in [0, 0.05) is 16.5 Å². The van der Waals surface area contributed by atoms with E-state index in [1.54, 1.807) is 0 Å². The summed E-state index contributed by atoms with van der Waals surface area (Å²) in [7, 11) is 4.81. The van der Waals surface area contributed by atoms with Crippen LogP contribution in [0.2, 0.25) is 5.02 Å². The van der Waals surface area contributed by atoms with Crippen LogP contribution < -0.4 is 0 Å². The first-order valence-corrected chi connectivity index (χ1v) is 10.8. The summed E-state index contributed by atoms with van der Waals surface area (Å²) in [5.74, 6) is 2.83. The summed E-state index contributed by atoms with van der Waals surface area (Å²) in [6.45, 7) is 7.42. The molecule has 0 spiro atoms. The molecule has 0 unspecified atom stereocenters. The predicted molar refractivity (Wildman–Crippen MR) is 116 cm³/mol. The molecule has 0 saturated heterocycles. The number of rotatable bonds is 5. The minimum atomic E-state index is 0.585. The first-order valence-electron chi connectivity index (χ1n) is 10.4. The van der Waals surface area contributed by atoms with Crippen LogP contribution in [0.25, 0.3) is 11.1 Å². The van der Waals surface area contributed by atoms with Crippen LogP contribution in [0.15, 0.2) is 48.5 Å². The first-order chi connectivity index (χ1) is 12.7. The third-order valence-electron chi connectivity index (χ3n) is 7.45. The van der Waals surface area contributed by atoms with Crippen LogP contribution >= 0.6 is 11.6 Å². The molecule has 3 aliphatic carbocycles. The van der Waals surface area contributed by atoms with Gasteiger partial charge in [-0.3, -0.25) is 0 Å². The van der Waals surface area contributed by atoms with Gasteiger partial charge >= 0.3 is 0 Å². The second-order valence-corrected chi connectivity index (χ2v) is 10.6. The molecule has 0 heterocycles. The van der Waals surface area contributed by atoms with Gasteiger partial charge in [0.05, 0.1) is 20.6 Å². The molecule has 0 amide bonds. The van der Waals surface area contributed by atoms with Crippen molar-refractivity contribution in [2.24, 2.45) is 23.2 Å². The topological polar surface area (TPSA) is 0 Å². The summed E-state index contributed by atoms with van der Waals surface area (Å²) in [4.78, 5) is 0. The van der Waals surface area contributed by atoms with Crippen LogP contribution in [0, 0.1) is 23.2 Å². The Labute approximate surface area is 169 Å². The van der Waals surface area contributed by atoms with Gasteiger partial charge in [0.1, 0.15) is 6.54 Å². The highest BCUT2D eigenvalue weighted by Gasteiger charge is 2.55. The second kappa shape index (κ2) is 6.94. The van der Waals surface area contributed by atoms with E-state index in [4.69, 9.17) is 11.6 Å². The lowest BCUT2D eigenvalue weighted by Gasteiger charge is -2.60. The average molecular weight is 383 g/mol. The Bertz CT molecular complexity index is 803. The smallest absolute Gasteiger partial charge is 0.104 e. The van der Waals surface area contributed by atoms with Crippen molar-refractivity contribution in [3.05, 3.63) is 59.1 Å². The summed E-state index contributed by atoms with van der Waals surface area (Å²) < 4.78 is 1.08. The number of hydrogen-bond acceptors (Lipinski definition) is 0. The van der Waals surface area contributed by atoms with Gasteiger partial charge in [-0.1, -0.05) is 61.8 Å². The van der Waals surface area contributed by atoms with Gasteiger partial charge in [-0.05, 0) is 59.8 Å². The molecular formula is C25H33ClN+. The van der Waals surface area contributed by atoms with Crippen molar-refractivity contribution in [3.63, 3.8) is 0 Å². The number of quaternary nitrogens is 1. The predicted octanol–water partition coefficient (Wildman–Crippen LogP) is 6.66. The molecule has 5 rings (SSSR count). The second-order valence-electron chi connectivity index (χ2n) is 10.2. The molecule has 27 heavy (non-hydrogen) atoms. The molecule has 1 nitrogen and oxygen atoms in total. The number of hydrogen-bond donors (Lipinski definition) is 0. The fraction of sp³-hybridized carbons (Fsp3) is 0.520. The molecule has 144 valence electrons. The van der Waals surface area contributed by atoms with E-state index in [0.29, 0.717) is 5.41 Å². The Morgan fingerprint density at radius 1 is 1.00 bits per heavy atom. The van der Waals surface area contributed by atoms with E-state index in [0.717, 1.165) is 33.8 Å². The monoisotopic (exact) mass is 382 g/mol. The highest BCUT2D eigenvalue weighted by atomic mass is 35.5. The van der Waals surface area contributed by atoms with Crippen LogP contribution in [0.1, 0.15) is 38.7 Å². The van der Waals surface area contributed by atoms with E-state index in [-0.39, 0.29) is 0 Å². The minimum Gasteiger partial charge on any atom is -0.324 e. The van der Waals surface area contributed by atoms with Crippen molar-refractivity contribution in [2.75, 3.05) is 20.6 Å². The Balaban J connectivity index is 1.42. The number of fused-ring (bicyclic) bond motifs is 2. The molecule has 3 saturated carbocycles. The molecule has 3 fully saturated rings. The van der Waals surface area contributed by atoms with Crippen LogP contribution in [-0.4, -0.2) is 25.1 Å². The molecule has 0 aliphatic heterocycles. The fourth-order valence-electron chi connectivity index (χ4n) is 5.85. The van der Waals surface area contributed by atoms with E-state index in [2.05, 4.69) is 58.3 Å². The first kappa shape index (κ1) is 19.0. The molecule has 0 aromatic heterocycles. The van der Waals surface area contributed by atoms with Crippen molar-refractivity contribution >= 4 is 11.6 Å². The standard InChI is InChI=1S/C25H33ClN/c1-25(2)22-13-12-21(24(25)15-22)17-27(3,4)16-18-8-10-19(11-9-18)20-6-5-7-23(26)14-20/h5-11,14,21-22,24H,12-13,15-17H2,1-4H3/q+1/t21-,22-,24-/m0/s1. The zero-order valence-electron chi connectivity index (χ0n) is 17.2. The normalized spacial score (nSPS) is 26.5. The maximum atomic E-state index is 6.14. The number of nitrogens with zero attached hydrogens (tertiary/aromatic N) is 1. The van der Waals surface area contributed by atoms with Crippen molar-refractivity contribution in [1.29, 1.82) is 0 Å². The zero-order valence-corrected chi connectivity index (χ0v) is 18.0. The van der Waals surface area contributed by atoms with Crippen LogP contribution in [0.5, 0.6) is 0 Å². The van der Waals surface area contributed by atoms with Crippen molar-refractivity contribution in [1.82, 2.24) is 0 Å². The van der Waals surface area contributed by atoms with Crippen molar-refractivity contribution < 1.29 is 4.48 Å². The molecule has 3 aliphatic rings. The zero-order chi connectivity index (χ0) is 19.2. The van der Waals surface area contributed by atoms with E-state index < -0.39 is 0 Å². The molecule has 2 aromatic rings. The Kier molecular flexibility index (Phi) is 4.89. The van der Waals surface area contributed by atoms with Gasteiger partial charge in [0.2, 0.25) is 0 Å². The maximum absolute atomic E-state index is 6.14. The molecular weight excluding hydrogens is 350 g/mol. The van der Waals surface area contributed by atoms with Gasteiger partial charge in [-0.15, -0.1) is 0 Å². The quantitative estimate of drug-likeness (QED) is 0.507. The lowest BCUT2D eigenvalue weighted by atomic mass is 9.45. The summed E-state index contributed by atoms with van der Waals surface area (Å²) >= 11 is 6.14. The third kappa shape index (κ3) is 3.82. The van der Waals surface area contributed by atoms with Crippen LogP contribution in [0.4, 0.5) is 0 Å². The Morgan fingerprint density at radius 2 is 1.74 bits per heavy atom. The lowest BCUT2D eigenvalue weighted by molar-refractivity contribution is -0.908. The average Bonchev–Trinajstić information content (AvgIpc) is 2.61. The Morgan fingerprint density at radius 3 is 2.37 bits per heavy atom. The van der Waals surface area contributed by atoms with Gasteiger partial charge in [-0.25, -0.2) is 0 Å². The highest BCUT2D eigenvalue weighted by molar-refractivity contribution is 6.30. The van der Waals surface area contributed by atoms with E-state index >= 15 is 0 Å². The molecule has 2 heteroatoms. The lowest BCUT2D eigenvalue weighted by Crippen LogP contribution is -2.56. The number of benzene rings is 2. The van der Waals surface area contributed by atoms with E-state index in [1.807, 2.05) is 18.2 Å². The summed E-state index contributed by atoms with van der Waals surface area (Å²) in [6.07, 6.45) is 4.36. The maximum Gasteiger partial charge on any atom is 0.104 e. The third-order valence-corrected chi connectivity index (χ3v) is 7.69. The van der Waals surface area contributed by atoms with Gasteiger partial charge in [0.15, 0.2) is 0 Å². The summed E-state index contributed by atoms with van der Waals surface area (Å²) in [5, 5.41) is 0.794. The molecule has 0 radical (unpaired) electrons. The molecule has 2 aromatic carbocycles. The molecule has 2 bridgehead atoms. The molecule has 3 atom stereocenters. The van der Waals surface area contributed by atoms with Crippen molar-refractivity contribution in [2.45, 2.75) is 39.7 Å². The van der Waals surface area contributed by atoms with Gasteiger partial charge in [0.25, 0.3) is 0 Å². The minimum absolute atomic E-state index is 0.585.